The summed E-state index contributed by atoms with van der Waals surface area (Å²) >= 11 is 0. The van der Waals surface area contributed by atoms with Crippen molar-refractivity contribution in [3.63, 3.8) is 0 Å². The van der Waals surface area contributed by atoms with E-state index >= 15 is 0 Å². The van der Waals surface area contributed by atoms with E-state index in [1.54, 1.807) is 0 Å². The van der Waals surface area contributed by atoms with Crippen molar-refractivity contribution in [2.45, 2.75) is 0 Å². The van der Waals surface area contributed by atoms with Crippen LogP contribution in [0.5, 0.6) is 0 Å². The first kappa shape index (κ1) is 18.4. The van der Waals surface area contributed by atoms with Gasteiger partial charge in [0.1, 0.15) is 0 Å². The predicted molar refractivity (Wildman–Crippen MR) is 37.4 cm³/mol. The van der Waals surface area contributed by atoms with Gasteiger partial charge in [0.15, 0.2) is 0 Å². The summed E-state index contributed by atoms with van der Waals surface area (Å²) in [5.74, 6) is 0. The SMILES string of the molecule is O=P(O)(O)O.O[Si](O)(O)O.[SrH2]. The summed E-state index contributed by atoms with van der Waals surface area (Å²) in [5, 5.41) is 0. The van der Waals surface area contributed by atoms with Crippen LogP contribution in [0.2, 0.25) is 0 Å². The second kappa shape index (κ2) is 7.09. The number of rotatable bonds is 0. The van der Waals surface area contributed by atoms with Crippen LogP contribution in [0.4, 0.5) is 0 Å². The fraction of sp³-hybridized carbons (Fsp3) is 0. The van der Waals surface area contributed by atoms with Crippen molar-refractivity contribution in [2.75, 3.05) is 0 Å². The van der Waals surface area contributed by atoms with E-state index in [0.29, 0.717) is 0 Å². The number of hydrogen-bond donors (Lipinski definition) is 7. The number of hydrogen-bond acceptors (Lipinski definition) is 5. The molecule has 0 saturated heterocycles. The van der Waals surface area contributed by atoms with E-state index in [2.05, 4.69) is 0 Å². The standard InChI is InChI=1S/H3O4P.H4O4Si.Sr.2H/c2*1-5(2,3)4;;;/h(H3,1,2,3,4);1-4H;;;. The molecule has 11 heteroatoms. The molecule has 0 aromatic heterocycles. The maximum atomic E-state index is 8.88. The molecule has 0 aromatic carbocycles. The van der Waals surface area contributed by atoms with Gasteiger partial charge in [0.2, 0.25) is 0 Å². The summed E-state index contributed by atoms with van der Waals surface area (Å²) in [4.78, 5) is 50.9. The molecule has 0 amide bonds. The Morgan fingerprint density at radius 3 is 0.909 bits per heavy atom. The molecule has 0 heterocycles. The maximum absolute atomic E-state index is 8.88. The first-order valence-corrected chi connectivity index (χ1v) is 5.03. The van der Waals surface area contributed by atoms with Crippen LogP contribution in [0.1, 0.15) is 0 Å². The van der Waals surface area contributed by atoms with Gasteiger partial charge in [-0.25, -0.2) is 4.57 Å². The predicted octanol–water partition coefficient (Wildman–Crippen LogP) is -4.45. The van der Waals surface area contributed by atoms with Gasteiger partial charge in [-0.15, -0.1) is 0 Å². The molecule has 0 fully saturated rings. The van der Waals surface area contributed by atoms with Gasteiger partial charge in [-0.05, 0) is 0 Å². The summed E-state index contributed by atoms with van der Waals surface area (Å²) < 4.78 is 8.88. The molecule has 8 nitrogen and oxygen atoms in total. The van der Waals surface area contributed by atoms with Crippen LogP contribution in [0.25, 0.3) is 0 Å². The van der Waals surface area contributed by atoms with Crippen LogP contribution in [-0.4, -0.2) is 88.4 Å². The second-order valence-corrected chi connectivity index (χ2v) is 3.34. The summed E-state index contributed by atoms with van der Waals surface area (Å²) in [6, 6.07) is 0. The average molecular weight is 284 g/mol. The van der Waals surface area contributed by atoms with Gasteiger partial charge in [0.25, 0.3) is 0 Å². The van der Waals surface area contributed by atoms with E-state index in [0.717, 1.165) is 0 Å². The van der Waals surface area contributed by atoms with Crippen molar-refractivity contribution in [3.05, 3.63) is 0 Å². The molecule has 0 aliphatic rings. The zero-order valence-electron chi connectivity index (χ0n) is 4.49. The van der Waals surface area contributed by atoms with Gasteiger partial charge in [-0.3, -0.25) is 0 Å². The fourth-order valence-electron chi connectivity index (χ4n) is 0. The van der Waals surface area contributed by atoms with Gasteiger partial charge in [-0.1, -0.05) is 0 Å². The van der Waals surface area contributed by atoms with E-state index in [-0.39, 0.29) is 45.5 Å². The van der Waals surface area contributed by atoms with Crippen LogP contribution >= 0.6 is 7.82 Å². The quantitative estimate of drug-likeness (QED) is 0.173. The summed E-state index contributed by atoms with van der Waals surface area (Å²) in [7, 11) is -9.25. The zero-order chi connectivity index (χ0) is 9.00. The van der Waals surface area contributed by atoms with Gasteiger partial charge in [0, 0.05) is 0 Å². The Labute approximate surface area is 99.8 Å². The third-order valence-electron chi connectivity index (χ3n) is 0. The van der Waals surface area contributed by atoms with Gasteiger partial charge in [-0.2, -0.15) is 0 Å². The van der Waals surface area contributed by atoms with E-state index < -0.39 is 16.9 Å². The van der Waals surface area contributed by atoms with Crippen molar-refractivity contribution in [1.82, 2.24) is 0 Å². The fourth-order valence-corrected chi connectivity index (χ4v) is 0. The van der Waals surface area contributed by atoms with Crippen molar-refractivity contribution < 1.29 is 38.4 Å². The Morgan fingerprint density at radius 2 is 0.909 bits per heavy atom. The molecule has 68 valence electrons. The molecule has 0 spiro atoms. The first-order valence-electron chi connectivity index (χ1n) is 1.68. The molecule has 0 saturated carbocycles. The Hall–Kier alpha value is 1.65. The molecule has 0 radical (unpaired) electrons. The normalized spacial score (nSPS) is 10.8. The van der Waals surface area contributed by atoms with Crippen LogP contribution in [0.15, 0.2) is 0 Å². The number of phosphoric acid groups is 1. The van der Waals surface area contributed by atoms with Crippen LogP contribution < -0.4 is 0 Å². The molecule has 0 aromatic rings. The summed E-state index contributed by atoms with van der Waals surface area (Å²) in [6.07, 6.45) is 0. The Kier molecular flexibility index (Phi) is 11.9. The molecule has 0 rings (SSSR count). The van der Waals surface area contributed by atoms with Crippen molar-refractivity contribution >= 4 is 62.4 Å². The van der Waals surface area contributed by atoms with Gasteiger partial charge >= 0.3 is 62.4 Å². The molecule has 0 aliphatic carbocycles. The monoisotopic (exact) mass is 284 g/mol. The van der Waals surface area contributed by atoms with E-state index in [1.807, 2.05) is 0 Å². The molecule has 7 N–H and O–H groups in total. The minimum atomic E-state index is -4.64. The van der Waals surface area contributed by atoms with Crippen LogP contribution in [0, 0.1) is 0 Å². The van der Waals surface area contributed by atoms with Gasteiger partial charge in [0.05, 0.1) is 0 Å². The third-order valence-corrected chi connectivity index (χ3v) is 0. The van der Waals surface area contributed by atoms with E-state index in [4.69, 9.17) is 38.4 Å². The molecule has 0 atom stereocenters. The van der Waals surface area contributed by atoms with Crippen molar-refractivity contribution in [1.29, 1.82) is 0 Å². The third kappa shape index (κ3) is 399. The van der Waals surface area contributed by atoms with E-state index in [1.165, 1.54) is 0 Å². The Morgan fingerprint density at radius 1 is 0.909 bits per heavy atom. The molecular formula is H9O8PSiSr. The second-order valence-electron chi connectivity index (χ2n) is 1.11. The molecule has 0 bridgehead atoms. The first-order chi connectivity index (χ1) is 4.00. The zero-order valence-corrected chi connectivity index (χ0v) is 6.38. The van der Waals surface area contributed by atoms with Crippen LogP contribution in [-0.2, 0) is 4.57 Å². The minimum absolute atomic E-state index is 0. The van der Waals surface area contributed by atoms with Crippen molar-refractivity contribution in [3.8, 4) is 0 Å². The van der Waals surface area contributed by atoms with Crippen molar-refractivity contribution in [2.24, 2.45) is 0 Å². The Bertz CT molecular complexity index is 106. The molecular weight excluding hydrogens is 275 g/mol. The van der Waals surface area contributed by atoms with E-state index in [9.17, 15) is 0 Å². The molecule has 0 unspecified atom stereocenters. The Balaban J connectivity index is -0.000000107. The summed E-state index contributed by atoms with van der Waals surface area (Å²) in [5.41, 5.74) is 0. The molecule has 11 heavy (non-hydrogen) atoms. The molecule has 0 aliphatic heterocycles. The topological polar surface area (TPSA) is 159 Å². The van der Waals surface area contributed by atoms with Crippen LogP contribution in [0.3, 0.4) is 0 Å². The summed E-state index contributed by atoms with van der Waals surface area (Å²) in [6.45, 7) is 0. The average Bonchev–Trinajstić information content (AvgIpc) is 1.12. The van der Waals surface area contributed by atoms with Gasteiger partial charge < -0.3 is 33.9 Å².